The Balaban J connectivity index is 2.33. The highest BCUT2D eigenvalue weighted by molar-refractivity contribution is 6.09. The number of nitrogens with one attached hydrogen (secondary N) is 1. The van der Waals surface area contributed by atoms with Gasteiger partial charge in [0.2, 0.25) is 5.91 Å². The van der Waals surface area contributed by atoms with Crippen molar-refractivity contribution in [1.82, 2.24) is 4.90 Å². The molecule has 1 fully saturated rings. The minimum Gasteiger partial charge on any atom is -0.433 e. The monoisotopic (exact) mass is 492 g/mol. The summed E-state index contributed by atoms with van der Waals surface area (Å²) in [5.74, 6) is -3.05. The summed E-state index contributed by atoms with van der Waals surface area (Å²) in [5.41, 5.74) is 4.77. The number of carbonyl (C=O) groups excluding carboxylic acids is 3. The van der Waals surface area contributed by atoms with Crippen LogP contribution >= 0.6 is 0 Å². The van der Waals surface area contributed by atoms with Crippen LogP contribution in [0.4, 0.5) is 28.9 Å². The van der Waals surface area contributed by atoms with Gasteiger partial charge < -0.3 is 25.4 Å². The fourth-order valence-corrected chi connectivity index (χ4v) is 3.51. The van der Waals surface area contributed by atoms with Gasteiger partial charge in [0.25, 0.3) is 18.2 Å². The molecule has 34 heavy (non-hydrogen) atoms. The number of morpholine rings is 1. The van der Waals surface area contributed by atoms with Crippen molar-refractivity contribution >= 4 is 29.1 Å². The summed E-state index contributed by atoms with van der Waals surface area (Å²) < 4.78 is 61.8. The molecular weight excluding hydrogens is 464 g/mol. The zero-order valence-electron chi connectivity index (χ0n) is 19.0. The van der Waals surface area contributed by atoms with Crippen LogP contribution < -0.4 is 20.7 Å². The largest absolute Gasteiger partial charge is 0.433 e. The van der Waals surface area contributed by atoms with Crippen LogP contribution in [0.5, 0.6) is 5.75 Å². The van der Waals surface area contributed by atoms with Gasteiger partial charge in [0.1, 0.15) is 6.61 Å². The number of nitrogens with two attached hydrogens (primary N) is 1. The molecule has 3 amide bonds. The third-order valence-electron chi connectivity index (χ3n) is 4.65. The van der Waals surface area contributed by atoms with Crippen LogP contribution in [-0.2, 0) is 19.1 Å². The Morgan fingerprint density at radius 1 is 1.26 bits per heavy atom. The van der Waals surface area contributed by atoms with Gasteiger partial charge in [0.05, 0.1) is 18.8 Å². The van der Waals surface area contributed by atoms with Crippen LogP contribution in [0.15, 0.2) is 18.2 Å². The molecule has 0 saturated carbocycles. The first-order valence-electron chi connectivity index (χ1n) is 10.4. The number of hydrogen-bond donors (Lipinski definition) is 2. The van der Waals surface area contributed by atoms with E-state index in [4.69, 9.17) is 10.5 Å². The highest BCUT2D eigenvalue weighted by atomic mass is 19.3. The SMILES string of the molecule is CC(C)(C)CN(CC(F)F)[C@H](C(N)=O)C(=O)Nc1ccc(N2CCOCC2=O)c(OC(F)F)c1. The molecule has 0 aromatic heterocycles. The van der Waals surface area contributed by atoms with E-state index in [1.807, 2.05) is 0 Å². The van der Waals surface area contributed by atoms with E-state index < -0.39 is 54.5 Å². The zero-order chi connectivity index (χ0) is 25.6. The van der Waals surface area contributed by atoms with Gasteiger partial charge in [0, 0.05) is 24.8 Å². The van der Waals surface area contributed by atoms with Gasteiger partial charge in [-0.15, -0.1) is 0 Å². The molecule has 2 rings (SSSR count). The fourth-order valence-electron chi connectivity index (χ4n) is 3.51. The molecule has 1 aromatic carbocycles. The van der Waals surface area contributed by atoms with Crippen molar-refractivity contribution < 1.29 is 41.4 Å². The lowest BCUT2D eigenvalue weighted by Crippen LogP contribution is -2.55. The molecule has 1 aromatic rings. The molecule has 0 bridgehead atoms. The molecule has 1 saturated heterocycles. The average molecular weight is 492 g/mol. The Bertz CT molecular complexity index is 894. The summed E-state index contributed by atoms with van der Waals surface area (Å²) in [6, 6.07) is 1.88. The number of benzene rings is 1. The molecule has 0 radical (unpaired) electrons. The van der Waals surface area contributed by atoms with E-state index in [0.29, 0.717) is 0 Å². The molecular formula is C21H28F4N4O5. The maximum atomic E-state index is 13.1. The summed E-state index contributed by atoms with van der Waals surface area (Å²) in [5, 5.41) is 2.34. The Morgan fingerprint density at radius 2 is 1.94 bits per heavy atom. The van der Waals surface area contributed by atoms with Crippen molar-refractivity contribution in [3.8, 4) is 5.75 Å². The summed E-state index contributed by atoms with van der Waals surface area (Å²) in [6.45, 7) is 1.11. The standard InChI is InChI=1S/C21H28F4N4O5/c1-21(2,3)11-28(9-15(22)23)17(18(26)31)19(32)27-12-4-5-13(14(8-12)34-20(24)25)29-6-7-33-10-16(29)30/h4-5,8,15,17,20H,6-7,9-11H2,1-3H3,(H2,26,31)(H,27,32)/t17-/m1/s1. The highest BCUT2D eigenvalue weighted by Crippen LogP contribution is 2.34. The summed E-state index contributed by atoms with van der Waals surface area (Å²) in [7, 11) is 0. The second-order valence-corrected chi connectivity index (χ2v) is 8.83. The summed E-state index contributed by atoms with van der Waals surface area (Å²) in [6.07, 6.45) is -2.84. The number of alkyl halides is 4. The van der Waals surface area contributed by atoms with E-state index in [1.54, 1.807) is 20.8 Å². The smallest absolute Gasteiger partial charge is 0.387 e. The minimum absolute atomic E-state index is 0.0325. The van der Waals surface area contributed by atoms with Gasteiger partial charge in [-0.25, -0.2) is 8.78 Å². The lowest BCUT2D eigenvalue weighted by molar-refractivity contribution is -0.134. The summed E-state index contributed by atoms with van der Waals surface area (Å²) in [4.78, 5) is 39.2. The van der Waals surface area contributed by atoms with Crippen LogP contribution in [0.2, 0.25) is 0 Å². The number of halogens is 4. The van der Waals surface area contributed by atoms with E-state index in [2.05, 4.69) is 10.1 Å². The molecule has 1 heterocycles. The Labute approximate surface area is 194 Å². The molecule has 0 aliphatic carbocycles. The van der Waals surface area contributed by atoms with E-state index in [-0.39, 0.29) is 37.7 Å². The normalized spacial score (nSPS) is 15.7. The molecule has 190 valence electrons. The first-order valence-corrected chi connectivity index (χ1v) is 10.4. The maximum absolute atomic E-state index is 13.1. The van der Waals surface area contributed by atoms with Crippen molar-refractivity contribution in [3.05, 3.63) is 18.2 Å². The second-order valence-electron chi connectivity index (χ2n) is 8.83. The third kappa shape index (κ3) is 7.83. The topological polar surface area (TPSA) is 114 Å². The van der Waals surface area contributed by atoms with Crippen molar-refractivity contribution in [1.29, 1.82) is 0 Å². The number of primary amides is 1. The van der Waals surface area contributed by atoms with Crippen LogP contribution in [0, 0.1) is 5.41 Å². The van der Waals surface area contributed by atoms with Crippen LogP contribution in [0.1, 0.15) is 20.8 Å². The predicted octanol–water partition coefficient (Wildman–Crippen LogP) is 2.06. The maximum Gasteiger partial charge on any atom is 0.387 e. The van der Waals surface area contributed by atoms with Gasteiger partial charge >= 0.3 is 6.61 Å². The number of ether oxygens (including phenoxy) is 2. The van der Waals surface area contributed by atoms with Gasteiger partial charge in [-0.3, -0.25) is 19.3 Å². The van der Waals surface area contributed by atoms with Crippen molar-refractivity contribution in [2.75, 3.05) is 43.1 Å². The highest BCUT2D eigenvalue weighted by Gasteiger charge is 2.35. The van der Waals surface area contributed by atoms with Gasteiger partial charge in [-0.1, -0.05) is 20.8 Å². The first-order chi connectivity index (χ1) is 15.8. The second kappa shape index (κ2) is 11.5. The number of hydrogen-bond acceptors (Lipinski definition) is 6. The molecule has 9 nitrogen and oxygen atoms in total. The Hall–Kier alpha value is -2.93. The van der Waals surface area contributed by atoms with Crippen molar-refractivity contribution in [2.24, 2.45) is 11.1 Å². The number of rotatable bonds is 10. The van der Waals surface area contributed by atoms with Crippen LogP contribution in [-0.4, -0.2) is 74.5 Å². The van der Waals surface area contributed by atoms with E-state index >= 15 is 0 Å². The van der Waals surface area contributed by atoms with E-state index in [0.717, 1.165) is 11.0 Å². The van der Waals surface area contributed by atoms with Gasteiger partial charge in [-0.05, 0) is 17.5 Å². The van der Waals surface area contributed by atoms with Gasteiger partial charge in [-0.2, -0.15) is 8.78 Å². The minimum atomic E-state index is -3.23. The van der Waals surface area contributed by atoms with E-state index in [9.17, 15) is 31.9 Å². The Morgan fingerprint density at radius 3 is 2.47 bits per heavy atom. The molecule has 0 spiro atoms. The quantitative estimate of drug-likeness (QED) is 0.382. The van der Waals surface area contributed by atoms with Gasteiger partial charge in [0.15, 0.2) is 11.8 Å². The number of carbonyl (C=O) groups is 3. The third-order valence-corrected chi connectivity index (χ3v) is 4.65. The molecule has 13 heteroatoms. The lowest BCUT2D eigenvalue weighted by Gasteiger charge is -2.33. The van der Waals surface area contributed by atoms with Crippen molar-refractivity contribution in [3.63, 3.8) is 0 Å². The van der Waals surface area contributed by atoms with Crippen molar-refractivity contribution in [2.45, 2.75) is 39.9 Å². The number of amides is 3. The zero-order valence-corrected chi connectivity index (χ0v) is 19.0. The first kappa shape index (κ1) is 27.3. The number of anilines is 2. The van der Waals surface area contributed by atoms with E-state index in [1.165, 1.54) is 17.0 Å². The number of nitrogens with zero attached hydrogens (tertiary/aromatic N) is 2. The molecule has 0 unspecified atom stereocenters. The lowest BCUT2D eigenvalue weighted by atomic mass is 9.95. The molecule has 1 aliphatic rings. The fraction of sp³-hybridized carbons (Fsp3) is 0.571. The molecule has 3 N–H and O–H groups in total. The summed E-state index contributed by atoms with van der Waals surface area (Å²) >= 11 is 0. The van der Waals surface area contributed by atoms with Crippen LogP contribution in [0.25, 0.3) is 0 Å². The Kier molecular flexibility index (Phi) is 9.21. The molecule has 1 aliphatic heterocycles. The molecule has 1 atom stereocenters. The van der Waals surface area contributed by atoms with Crippen LogP contribution in [0.3, 0.4) is 0 Å². The average Bonchev–Trinajstić information content (AvgIpc) is 2.66. The predicted molar refractivity (Wildman–Crippen MR) is 115 cm³/mol.